The van der Waals surface area contributed by atoms with E-state index >= 15 is 0 Å². The predicted octanol–water partition coefficient (Wildman–Crippen LogP) is 3.28. The minimum absolute atomic E-state index is 0.735. The molecule has 2 nitrogen and oxygen atoms in total. The lowest BCUT2D eigenvalue weighted by Gasteiger charge is -2.26. The Hall–Kier alpha value is -0.180. The molecule has 0 aromatic rings. The molecule has 0 amide bonds. The number of nitrogens with one attached hydrogen (secondary N) is 1. The summed E-state index contributed by atoms with van der Waals surface area (Å²) < 4.78 is 0. The first-order chi connectivity index (χ1) is 7.83. The number of thioether (sulfide) groups is 1. The molecule has 0 aromatic carbocycles. The van der Waals surface area contributed by atoms with Gasteiger partial charge in [0.1, 0.15) is 0 Å². The van der Waals surface area contributed by atoms with Gasteiger partial charge in [-0.25, -0.2) is 0 Å². The molecule has 0 spiro atoms. The van der Waals surface area contributed by atoms with Crippen LogP contribution >= 0.6 is 11.8 Å². The van der Waals surface area contributed by atoms with Crippen LogP contribution in [0.3, 0.4) is 0 Å². The van der Waals surface area contributed by atoms with Crippen molar-refractivity contribution in [2.45, 2.75) is 51.2 Å². The molecule has 0 saturated heterocycles. The molecule has 0 aromatic heterocycles. The molecule has 1 atom stereocenters. The largest absolute Gasteiger partial charge is 0.365 e. The van der Waals surface area contributed by atoms with Crippen LogP contribution in [0.25, 0.3) is 0 Å². The van der Waals surface area contributed by atoms with Crippen molar-refractivity contribution in [3.05, 3.63) is 0 Å². The van der Waals surface area contributed by atoms with Gasteiger partial charge in [-0.05, 0) is 24.7 Å². The predicted molar refractivity (Wildman–Crippen MR) is 73.1 cm³/mol. The van der Waals surface area contributed by atoms with Crippen molar-refractivity contribution in [3.8, 4) is 0 Å². The van der Waals surface area contributed by atoms with Gasteiger partial charge >= 0.3 is 0 Å². The van der Waals surface area contributed by atoms with Crippen LogP contribution in [0, 0.1) is 11.8 Å². The van der Waals surface area contributed by atoms with Crippen LogP contribution in [0.15, 0.2) is 4.99 Å². The number of nitrogens with zero attached hydrogens (tertiary/aromatic N) is 1. The van der Waals surface area contributed by atoms with Crippen LogP contribution in [0.4, 0.5) is 0 Å². The van der Waals surface area contributed by atoms with E-state index in [0.29, 0.717) is 0 Å². The third-order valence-electron chi connectivity index (χ3n) is 4.02. The Kier molecular flexibility index (Phi) is 4.56. The Bertz CT molecular complexity index is 244. The first kappa shape index (κ1) is 12.3. The third-order valence-corrected chi connectivity index (χ3v) is 5.35. The highest BCUT2D eigenvalue weighted by molar-refractivity contribution is 8.14. The van der Waals surface area contributed by atoms with Gasteiger partial charge in [0.05, 0.1) is 6.54 Å². The van der Waals surface area contributed by atoms with Crippen molar-refractivity contribution in [3.63, 3.8) is 0 Å². The van der Waals surface area contributed by atoms with E-state index in [2.05, 4.69) is 24.2 Å². The lowest BCUT2D eigenvalue weighted by molar-refractivity contribution is 0.316. The van der Waals surface area contributed by atoms with Crippen LogP contribution in [-0.4, -0.2) is 23.5 Å². The zero-order chi connectivity index (χ0) is 11.4. The van der Waals surface area contributed by atoms with Crippen LogP contribution in [0.1, 0.15) is 46.0 Å². The molecule has 0 bridgehead atoms. The van der Waals surface area contributed by atoms with Crippen LogP contribution < -0.4 is 5.32 Å². The lowest BCUT2D eigenvalue weighted by Crippen LogP contribution is -2.30. The molecule has 1 N–H and O–H groups in total. The summed E-state index contributed by atoms with van der Waals surface area (Å²) in [7, 11) is 0. The van der Waals surface area contributed by atoms with Crippen LogP contribution in [0.5, 0.6) is 0 Å². The van der Waals surface area contributed by atoms with E-state index in [1.807, 2.05) is 11.8 Å². The summed E-state index contributed by atoms with van der Waals surface area (Å²) in [5.74, 6) is 1.77. The quantitative estimate of drug-likeness (QED) is 0.797. The van der Waals surface area contributed by atoms with Crippen molar-refractivity contribution in [1.82, 2.24) is 5.32 Å². The summed E-state index contributed by atoms with van der Waals surface area (Å²) in [6.07, 6.45) is 6.85. The highest BCUT2D eigenvalue weighted by Crippen LogP contribution is 2.31. The molecular weight excluding hydrogens is 216 g/mol. The Morgan fingerprint density at radius 1 is 1.38 bits per heavy atom. The SMILES string of the molecule is CCC(CC)C1CN=C(NCC2CCC2)S1. The molecule has 3 heteroatoms. The van der Waals surface area contributed by atoms with E-state index in [1.54, 1.807) is 0 Å². The van der Waals surface area contributed by atoms with Gasteiger partial charge in [0.15, 0.2) is 5.17 Å². The highest BCUT2D eigenvalue weighted by Gasteiger charge is 2.26. The van der Waals surface area contributed by atoms with E-state index in [-0.39, 0.29) is 0 Å². The van der Waals surface area contributed by atoms with E-state index in [0.717, 1.165) is 30.2 Å². The lowest BCUT2D eigenvalue weighted by atomic mass is 9.86. The van der Waals surface area contributed by atoms with Crippen molar-refractivity contribution < 1.29 is 0 Å². The molecule has 1 aliphatic heterocycles. The number of aliphatic imine (C=N–C) groups is 1. The summed E-state index contributed by atoms with van der Waals surface area (Å²) >= 11 is 1.98. The standard InChI is InChI=1S/C13H24N2S/c1-3-11(4-2)12-9-15-13(16-12)14-8-10-6-5-7-10/h10-12H,3-9H2,1-2H3,(H,14,15). The van der Waals surface area contributed by atoms with Gasteiger partial charge in [-0.1, -0.05) is 44.9 Å². The van der Waals surface area contributed by atoms with Crippen molar-refractivity contribution in [2.75, 3.05) is 13.1 Å². The van der Waals surface area contributed by atoms with Gasteiger partial charge < -0.3 is 5.32 Å². The maximum Gasteiger partial charge on any atom is 0.156 e. The van der Waals surface area contributed by atoms with Crippen LogP contribution in [0.2, 0.25) is 0 Å². The Balaban J connectivity index is 1.69. The molecule has 92 valence electrons. The molecule has 1 saturated carbocycles. The van der Waals surface area contributed by atoms with Crippen molar-refractivity contribution >= 4 is 16.9 Å². The molecule has 1 fully saturated rings. The second-order valence-electron chi connectivity index (χ2n) is 5.06. The Morgan fingerprint density at radius 3 is 2.69 bits per heavy atom. The average molecular weight is 240 g/mol. The fraction of sp³-hybridized carbons (Fsp3) is 0.923. The van der Waals surface area contributed by atoms with E-state index < -0.39 is 0 Å². The molecule has 16 heavy (non-hydrogen) atoms. The zero-order valence-electron chi connectivity index (χ0n) is 10.5. The molecule has 2 rings (SSSR count). The van der Waals surface area contributed by atoms with E-state index in [1.165, 1.54) is 37.3 Å². The number of amidine groups is 1. The smallest absolute Gasteiger partial charge is 0.156 e. The Morgan fingerprint density at radius 2 is 2.12 bits per heavy atom. The first-order valence-corrected chi connectivity index (χ1v) is 7.66. The topological polar surface area (TPSA) is 24.4 Å². The monoisotopic (exact) mass is 240 g/mol. The molecule has 2 aliphatic rings. The van der Waals surface area contributed by atoms with Gasteiger partial charge in [0.25, 0.3) is 0 Å². The molecule has 1 unspecified atom stereocenters. The summed E-state index contributed by atoms with van der Waals surface area (Å²) in [6.45, 7) is 6.79. The number of hydrogen-bond donors (Lipinski definition) is 1. The van der Waals surface area contributed by atoms with Gasteiger partial charge in [0, 0.05) is 11.8 Å². The molecule has 1 aliphatic carbocycles. The summed E-state index contributed by atoms with van der Waals surface area (Å²) in [5, 5.41) is 5.48. The fourth-order valence-corrected chi connectivity index (χ4v) is 3.81. The van der Waals surface area contributed by atoms with Gasteiger partial charge in [0.2, 0.25) is 0 Å². The average Bonchev–Trinajstić information content (AvgIpc) is 2.66. The highest BCUT2D eigenvalue weighted by atomic mass is 32.2. The maximum atomic E-state index is 4.63. The number of hydrogen-bond acceptors (Lipinski definition) is 3. The van der Waals surface area contributed by atoms with Gasteiger partial charge in [-0.15, -0.1) is 0 Å². The second-order valence-corrected chi connectivity index (χ2v) is 6.28. The summed E-state index contributed by atoms with van der Waals surface area (Å²) in [4.78, 5) is 4.63. The third kappa shape index (κ3) is 2.93. The van der Waals surface area contributed by atoms with Crippen LogP contribution in [-0.2, 0) is 0 Å². The molecule has 0 radical (unpaired) electrons. The first-order valence-electron chi connectivity index (χ1n) is 6.78. The molecule has 1 heterocycles. The van der Waals surface area contributed by atoms with E-state index in [9.17, 15) is 0 Å². The maximum absolute atomic E-state index is 4.63. The van der Waals surface area contributed by atoms with Gasteiger partial charge in [-0.2, -0.15) is 0 Å². The second kappa shape index (κ2) is 5.95. The summed E-state index contributed by atoms with van der Waals surface area (Å²) in [6, 6.07) is 0. The zero-order valence-corrected chi connectivity index (χ0v) is 11.4. The van der Waals surface area contributed by atoms with Crippen molar-refractivity contribution in [2.24, 2.45) is 16.8 Å². The number of rotatable bonds is 5. The minimum Gasteiger partial charge on any atom is -0.365 e. The van der Waals surface area contributed by atoms with Gasteiger partial charge in [-0.3, -0.25) is 4.99 Å². The van der Waals surface area contributed by atoms with E-state index in [4.69, 9.17) is 0 Å². The fourth-order valence-electron chi connectivity index (χ4n) is 2.48. The molecular formula is C13H24N2S. The normalized spacial score (nSPS) is 25.7. The Labute approximate surface area is 104 Å². The summed E-state index contributed by atoms with van der Waals surface area (Å²) in [5.41, 5.74) is 0. The van der Waals surface area contributed by atoms with Crippen molar-refractivity contribution in [1.29, 1.82) is 0 Å². The minimum atomic E-state index is 0.735.